The largest absolute Gasteiger partial charge is 0.378 e. The van der Waals surface area contributed by atoms with E-state index in [4.69, 9.17) is 10.5 Å². The quantitative estimate of drug-likeness (QED) is 0.699. The molecule has 0 radical (unpaired) electrons. The van der Waals surface area contributed by atoms with E-state index in [1.54, 1.807) is 0 Å². The van der Waals surface area contributed by atoms with Crippen LogP contribution in [-0.4, -0.2) is 30.7 Å². The molecule has 1 saturated carbocycles. The first kappa shape index (κ1) is 10.9. The Bertz CT molecular complexity index is 233. The molecule has 2 rings (SSSR count). The van der Waals surface area contributed by atoms with Crippen LogP contribution in [0.3, 0.4) is 0 Å². The van der Waals surface area contributed by atoms with Crippen molar-refractivity contribution in [2.45, 2.75) is 50.2 Å². The highest BCUT2D eigenvalue weighted by Crippen LogP contribution is 2.34. The number of nitrogens with two attached hydrogens (primary N) is 1. The van der Waals surface area contributed by atoms with Crippen LogP contribution in [-0.2, 0) is 9.53 Å². The minimum absolute atomic E-state index is 0.0480. The molecule has 1 atom stereocenters. The minimum Gasteiger partial charge on any atom is -0.378 e. The van der Waals surface area contributed by atoms with Crippen LogP contribution in [0.15, 0.2) is 0 Å². The summed E-state index contributed by atoms with van der Waals surface area (Å²) in [7, 11) is 0. The Morgan fingerprint density at radius 3 is 2.87 bits per heavy atom. The van der Waals surface area contributed by atoms with Crippen LogP contribution >= 0.6 is 0 Å². The SMILES string of the molecule is NCC1(NC(=O)CCC2CCCO2)CC1. The van der Waals surface area contributed by atoms with Crippen molar-refractivity contribution in [1.82, 2.24) is 5.32 Å². The normalized spacial score (nSPS) is 27.7. The van der Waals surface area contributed by atoms with E-state index in [2.05, 4.69) is 5.32 Å². The highest BCUT2D eigenvalue weighted by molar-refractivity contribution is 5.77. The van der Waals surface area contributed by atoms with Crippen molar-refractivity contribution < 1.29 is 9.53 Å². The smallest absolute Gasteiger partial charge is 0.220 e. The molecule has 1 saturated heterocycles. The molecule has 1 aliphatic heterocycles. The van der Waals surface area contributed by atoms with Gasteiger partial charge in [-0.25, -0.2) is 0 Å². The molecular weight excluding hydrogens is 192 g/mol. The molecule has 1 heterocycles. The van der Waals surface area contributed by atoms with Crippen molar-refractivity contribution in [1.29, 1.82) is 0 Å². The standard InChI is InChI=1S/C11H20N2O2/c12-8-11(5-6-11)13-10(14)4-3-9-2-1-7-15-9/h9H,1-8,12H2,(H,13,14). The Balaban J connectivity index is 1.64. The van der Waals surface area contributed by atoms with Gasteiger partial charge in [0.2, 0.25) is 5.91 Å². The zero-order valence-electron chi connectivity index (χ0n) is 9.13. The third-order valence-corrected chi connectivity index (χ3v) is 3.37. The van der Waals surface area contributed by atoms with Gasteiger partial charge in [0, 0.05) is 19.6 Å². The van der Waals surface area contributed by atoms with E-state index in [1.807, 2.05) is 0 Å². The third-order valence-electron chi connectivity index (χ3n) is 3.37. The zero-order valence-corrected chi connectivity index (χ0v) is 9.13. The Morgan fingerprint density at radius 1 is 1.53 bits per heavy atom. The summed E-state index contributed by atoms with van der Waals surface area (Å²) < 4.78 is 5.47. The molecule has 0 aromatic rings. The molecule has 1 unspecified atom stereocenters. The third kappa shape index (κ3) is 2.92. The van der Waals surface area contributed by atoms with Crippen molar-refractivity contribution in [2.75, 3.05) is 13.2 Å². The number of carbonyl (C=O) groups is 1. The lowest BCUT2D eigenvalue weighted by Crippen LogP contribution is -2.42. The molecule has 0 aromatic heterocycles. The molecule has 15 heavy (non-hydrogen) atoms. The molecule has 86 valence electrons. The Hall–Kier alpha value is -0.610. The molecule has 3 N–H and O–H groups in total. The lowest BCUT2D eigenvalue weighted by atomic mass is 10.1. The average molecular weight is 212 g/mol. The number of hydrogen-bond acceptors (Lipinski definition) is 3. The van der Waals surface area contributed by atoms with Gasteiger partial charge in [0.05, 0.1) is 11.6 Å². The van der Waals surface area contributed by atoms with Gasteiger partial charge in [-0.15, -0.1) is 0 Å². The molecular formula is C11H20N2O2. The van der Waals surface area contributed by atoms with Crippen LogP contribution in [0.4, 0.5) is 0 Å². The topological polar surface area (TPSA) is 64.3 Å². The van der Waals surface area contributed by atoms with Gasteiger partial charge in [-0.1, -0.05) is 0 Å². The summed E-state index contributed by atoms with van der Waals surface area (Å²) in [5, 5.41) is 3.02. The number of ether oxygens (including phenoxy) is 1. The number of nitrogens with one attached hydrogen (secondary N) is 1. The fraction of sp³-hybridized carbons (Fsp3) is 0.909. The lowest BCUT2D eigenvalue weighted by molar-refractivity contribution is -0.122. The molecule has 2 aliphatic rings. The second kappa shape index (κ2) is 4.49. The summed E-state index contributed by atoms with van der Waals surface area (Å²) in [6.45, 7) is 1.43. The highest BCUT2D eigenvalue weighted by Gasteiger charge is 2.42. The van der Waals surface area contributed by atoms with Crippen molar-refractivity contribution >= 4 is 5.91 Å². The van der Waals surface area contributed by atoms with E-state index >= 15 is 0 Å². The van der Waals surface area contributed by atoms with Crippen molar-refractivity contribution in [3.8, 4) is 0 Å². The van der Waals surface area contributed by atoms with E-state index in [0.29, 0.717) is 19.1 Å². The summed E-state index contributed by atoms with van der Waals surface area (Å²) in [5.74, 6) is 0.133. The van der Waals surface area contributed by atoms with Crippen molar-refractivity contribution in [3.63, 3.8) is 0 Å². The first-order chi connectivity index (χ1) is 7.24. The Kier molecular flexibility index (Phi) is 3.26. The fourth-order valence-corrected chi connectivity index (χ4v) is 2.05. The van der Waals surface area contributed by atoms with Crippen LogP contribution in [0.1, 0.15) is 38.5 Å². The molecule has 0 bridgehead atoms. The van der Waals surface area contributed by atoms with Crippen LogP contribution in [0, 0.1) is 0 Å². The van der Waals surface area contributed by atoms with E-state index in [1.165, 1.54) is 0 Å². The predicted octanol–water partition coefficient (Wildman–Crippen LogP) is 0.553. The van der Waals surface area contributed by atoms with Gasteiger partial charge in [0.1, 0.15) is 0 Å². The maximum absolute atomic E-state index is 11.6. The van der Waals surface area contributed by atoms with E-state index < -0.39 is 0 Å². The summed E-state index contributed by atoms with van der Waals surface area (Å²) in [5.41, 5.74) is 5.55. The molecule has 1 amide bonds. The first-order valence-corrected chi connectivity index (χ1v) is 5.87. The zero-order chi connectivity index (χ0) is 10.7. The van der Waals surface area contributed by atoms with Crippen LogP contribution < -0.4 is 11.1 Å². The summed E-state index contributed by atoms with van der Waals surface area (Å²) in [4.78, 5) is 11.6. The second-order valence-electron chi connectivity index (χ2n) is 4.71. The predicted molar refractivity (Wildman–Crippen MR) is 57.4 cm³/mol. The van der Waals surface area contributed by atoms with E-state index in [0.717, 1.165) is 38.7 Å². The maximum Gasteiger partial charge on any atom is 0.220 e. The molecule has 0 spiro atoms. The first-order valence-electron chi connectivity index (χ1n) is 5.87. The van der Waals surface area contributed by atoms with Gasteiger partial charge >= 0.3 is 0 Å². The van der Waals surface area contributed by atoms with Gasteiger partial charge in [0.15, 0.2) is 0 Å². The van der Waals surface area contributed by atoms with Gasteiger partial charge in [-0.05, 0) is 32.1 Å². The van der Waals surface area contributed by atoms with Crippen LogP contribution in [0.2, 0.25) is 0 Å². The average Bonchev–Trinajstić information content (AvgIpc) is 2.80. The minimum atomic E-state index is -0.0480. The fourth-order valence-electron chi connectivity index (χ4n) is 2.05. The number of rotatable bonds is 5. The van der Waals surface area contributed by atoms with Crippen molar-refractivity contribution in [2.24, 2.45) is 5.73 Å². The lowest BCUT2D eigenvalue weighted by Gasteiger charge is -2.15. The number of hydrogen-bond donors (Lipinski definition) is 2. The molecule has 2 fully saturated rings. The van der Waals surface area contributed by atoms with Gasteiger partial charge in [0.25, 0.3) is 0 Å². The van der Waals surface area contributed by atoms with Crippen LogP contribution in [0.25, 0.3) is 0 Å². The highest BCUT2D eigenvalue weighted by atomic mass is 16.5. The second-order valence-corrected chi connectivity index (χ2v) is 4.71. The number of carbonyl (C=O) groups excluding carboxylic acids is 1. The van der Waals surface area contributed by atoms with Gasteiger partial charge in [-0.2, -0.15) is 0 Å². The van der Waals surface area contributed by atoms with Gasteiger partial charge < -0.3 is 15.8 Å². The summed E-state index contributed by atoms with van der Waals surface area (Å²) >= 11 is 0. The van der Waals surface area contributed by atoms with Gasteiger partial charge in [-0.3, -0.25) is 4.79 Å². The molecule has 1 aliphatic carbocycles. The molecule has 4 nitrogen and oxygen atoms in total. The van der Waals surface area contributed by atoms with E-state index in [9.17, 15) is 4.79 Å². The summed E-state index contributed by atoms with van der Waals surface area (Å²) in [6, 6.07) is 0. The number of amides is 1. The monoisotopic (exact) mass is 212 g/mol. The maximum atomic E-state index is 11.6. The molecule has 0 aromatic carbocycles. The van der Waals surface area contributed by atoms with Crippen molar-refractivity contribution in [3.05, 3.63) is 0 Å². The summed E-state index contributed by atoms with van der Waals surface area (Å²) in [6.07, 6.45) is 6.06. The van der Waals surface area contributed by atoms with E-state index in [-0.39, 0.29) is 11.4 Å². The Morgan fingerprint density at radius 2 is 2.33 bits per heavy atom. The molecule has 4 heteroatoms. The van der Waals surface area contributed by atoms with Crippen LogP contribution in [0.5, 0.6) is 0 Å². The Labute approximate surface area is 90.5 Å².